The van der Waals surface area contributed by atoms with E-state index < -0.39 is 36.2 Å². The summed E-state index contributed by atoms with van der Waals surface area (Å²) in [4.78, 5) is 15.4. The topological polar surface area (TPSA) is 52.3 Å². The number of oxazole rings is 1. The zero-order chi connectivity index (χ0) is 16.6. The molecule has 1 aromatic heterocycles. The number of nitrogens with zero attached hydrogens (tertiary/aromatic N) is 1. The first kappa shape index (κ1) is 6.59. The van der Waals surface area contributed by atoms with E-state index >= 15 is 0 Å². The van der Waals surface area contributed by atoms with Gasteiger partial charge < -0.3 is 9.15 Å². The van der Waals surface area contributed by atoms with Crippen LogP contribution in [0.25, 0.3) is 11.5 Å². The molecule has 0 bridgehead atoms. The highest BCUT2D eigenvalue weighted by Gasteiger charge is 2.14. The summed E-state index contributed by atoms with van der Waals surface area (Å²) in [7, 11) is 1.24. The highest BCUT2D eigenvalue weighted by atomic mass is 16.5. The van der Waals surface area contributed by atoms with Gasteiger partial charge in [-0.15, -0.1) is 0 Å². The van der Waals surface area contributed by atoms with Gasteiger partial charge in [0, 0.05) is 5.56 Å². The zero-order valence-corrected chi connectivity index (χ0v) is 9.38. The summed E-state index contributed by atoms with van der Waals surface area (Å²) in [5.74, 6) is -0.301. The first-order valence-electron chi connectivity index (χ1n) is 7.38. The molecule has 0 amide bonds. The molecule has 2 aromatic rings. The first-order valence-corrected chi connectivity index (χ1v) is 4.88. The minimum Gasteiger partial charge on any atom is -0.469 e. The molecule has 0 aliphatic rings. The highest BCUT2D eigenvalue weighted by Crippen LogP contribution is 2.21. The Morgan fingerprint density at radius 3 is 2.82 bits per heavy atom. The van der Waals surface area contributed by atoms with Gasteiger partial charge in [-0.3, -0.25) is 4.79 Å². The second-order valence-corrected chi connectivity index (χ2v) is 3.27. The summed E-state index contributed by atoms with van der Waals surface area (Å²) in [5.41, 5.74) is 0.166. The van der Waals surface area contributed by atoms with Crippen LogP contribution in [0.2, 0.25) is 0 Å². The van der Waals surface area contributed by atoms with Gasteiger partial charge in [0.25, 0.3) is 0 Å². The van der Waals surface area contributed by atoms with Gasteiger partial charge in [-0.2, -0.15) is 0 Å². The van der Waals surface area contributed by atoms with Gasteiger partial charge in [-0.1, -0.05) is 18.1 Å². The molecule has 0 spiro atoms. The number of aromatic nitrogens is 1. The van der Waals surface area contributed by atoms with Crippen molar-refractivity contribution < 1.29 is 20.8 Å². The lowest BCUT2D eigenvalue weighted by atomic mass is 10.2. The Labute approximate surface area is 106 Å². The number of carbonyl (C=O) groups excluding carboxylic acids is 1. The van der Waals surface area contributed by atoms with Crippen LogP contribution in [0.1, 0.15) is 18.3 Å². The summed E-state index contributed by atoms with van der Waals surface area (Å²) in [6.07, 6.45) is -0.121. The number of aryl methyl sites for hydroxylation is 1. The fraction of sp³-hybridized carbons (Fsp3) is 0.231. The lowest BCUT2D eigenvalue weighted by Gasteiger charge is -1.94. The van der Waals surface area contributed by atoms with Crippen LogP contribution in [-0.4, -0.2) is 18.1 Å². The Hall–Kier alpha value is -2.10. The third kappa shape index (κ3) is 2.53. The van der Waals surface area contributed by atoms with Crippen molar-refractivity contribution in [3.05, 3.63) is 41.7 Å². The second kappa shape index (κ2) is 4.82. The largest absolute Gasteiger partial charge is 0.469 e. The van der Waals surface area contributed by atoms with Crippen molar-refractivity contribution in [2.45, 2.75) is 13.3 Å². The Morgan fingerprint density at radius 1 is 1.47 bits per heavy atom. The smallest absolute Gasteiger partial charge is 0.311 e. The maximum Gasteiger partial charge on any atom is 0.311 e. The molecule has 0 aliphatic heterocycles. The molecule has 0 radical (unpaired) electrons. The molecule has 0 unspecified atom stereocenters. The number of hydrogen-bond acceptors (Lipinski definition) is 4. The molecule has 0 saturated carbocycles. The SMILES string of the molecule is [2H]c1c([2H])c([2H])c(-c2nc(CC(=O)OC)c(C)o2)c([2H])c1[2H]. The summed E-state index contributed by atoms with van der Waals surface area (Å²) < 4.78 is 48.5. The number of hydrogen-bond donors (Lipinski definition) is 0. The predicted molar refractivity (Wildman–Crippen MR) is 62.4 cm³/mol. The van der Waals surface area contributed by atoms with Gasteiger partial charge in [-0.05, 0) is 19.0 Å². The summed E-state index contributed by atoms with van der Waals surface area (Å²) in [5, 5.41) is 0. The van der Waals surface area contributed by atoms with Gasteiger partial charge in [0.2, 0.25) is 5.89 Å². The summed E-state index contributed by atoms with van der Waals surface area (Å²) in [6, 6.07) is -2.24. The number of methoxy groups -OCH3 is 1. The molecule has 0 fully saturated rings. The number of rotatable bonds is 3. The first-order chi connectivity index (χ1) is 10.3. The van der Waals surface area contributed by atoms with Crippen LogP contribution in [-0.2, 0) is 16.0 Å². The molecule has 0 N–H and O–H groups in total. The van der Waals surface area contributed by atoms with Crippen LogP contribution < -0.4 is 0 Å². The number of esters is 1. The van der Waals surface area contributed by atoms with Crippen LogP contribution in [0.15, 0.2) is 34.6 Å². The monoisotopic (exact) mass is 236 g/mol. The summed E-state index contributed by atoms with van der Waals surface area (Å²) >= 11 is 0. The Morgan fingerprint density at radius 2 is 2.18 bits per heavy atom. The molecular weight excluding hydrogens is 218 g/mol. The minimum atomic E-state index is -0.510. The van der Waals surface area contributed by atoms with Crippen LogP contribution in [0, 0.1) is 6.92 Å². The maximum atomic E-state index is 11.3. The third-order valence-corrected chi connectivity index (χ3v) is 2.15. The average molecular weight is 236 g/mol. The zero-order valence-electron chi connectivity index (χ0n) is 14.4. The fourth-order valence-corrected chi connectivity index (χ4v) is 1.26. The van der Waals surface area contributed by atoms with E-state index in [4.69, 9.17) is 11.3 Å². The quantitative estimate of drug-likeness (QED) is 0.768. The molecule has 1 heterocycles. The van der Waals surface area contributed by atoms with E-state index in [2.05, 4.69) is 9.72 Å². The van der Waals surface area contributed by atoms with Gasteiger partial charge in [0.1, 0.15) is 5.76 Å². The van der Waals surface area contributed by atoms with Crippen molar-refractivity contribution in [1.82, 2.24) is 4.98 Å². The van der Waals surface area contributed by atoms with Crippen molar-refractivity contribution in [2.24, 2.45) is 0 Å². The van der Waals surface area contributed by atoms with E-state index in [-0.39, 0.29) is 17.9 Å². The minimum absolute atomic E-state index is 0.117. The standard InChI is InChI=1S/C13H13NO3/c1-9-11(8-12(15)16-2)14-13(17-9)10-6-4-3-5-7-10/h3-7H,8H2,1-2H3/i3D,4D,5D,6D,7D. The van der Waals surface area contributed by atoms with Crippen molar-refractivity contribution in [3.63, 3.8) is 0 Å². The van der Waals surface area contributed by atoms with Crippen molar-refractivity contribution >= 4 is 5.97 Å². The van der Waals surface area contributed by atoms with Crippen LogP contribution in [0.4, 0.5) is 0 Å². The van der Waals surface area contributed by atoms with Crippen molar-refractivity contribution in [2.75, 3.05) is 7.11 Å². The third-order valence-electron chi connectivity index (χ3n) is 2.15. The van der Waals surface area contributed by atoms with E-state index in [0.717, 1.165) is 0 Å². The normalized spacial score (nSPS) is 14.4. The number of carbonyl (C=O) groups is 1. The molecule has 88 valence electrons. The van der Waals surface area contributed by atoms with Gasteiger partial charge >= 0.3 is 5.97 Å². The van der Waals surface area contributed by atoms with Crippen LogP contribution >= 0.6 is 0 Å². The number of benzene rings is 1. The molecule has 4 nitrogen and oxygen atoms in total. The van der Waals surface area contributed by atoms with E-state index in [1.165, 1.54) is 7.11 Å². The lowest BCUT2D eigenvalue weighted by Crippen LogP contribution is -2.05. The van der Waals surface area contributed by atoms with E-state index in [9.17, 15) is 4.79 Å². The molecular formula is C13H13NO3. The van der Waals surface area contributed by atoms with Gasteiger partial charge in [0.15, 0.2) is 0 Å². The van der Waals surface area contributed by atoms with Gasteiger partial charge in [-0.25, -0.2) is 4.98 Å². The predicted octanol–water partition coefficient (Wildman–Crippen LogP) is 2.37. The van der Waals surface area contributed by atoms with Crippen molar-refractivity contribution in [3.8, 4) is 11.5 Å². The van der Waals surface area contributed by atoms with Crippen LogP contribution in [0.3, 0.4) is 0 Å². The summed E-state index contributed by atoms with van der Waals surface area (Å²) in [6.45, 7) is 1.57. The molecule has 2 rings (SSSR count). The molecule has 1 aromatic carbocycles. The van der Waals surface area contributed by atoms with E-state index in [1.807, 2.05) is 0 Å². The van der Waals surface area contributed by atoms with Gasteiger partial charge in [0.05, 0.1) is 26.1 Å². The lowest BCUT2D eigenvalue weighted by molar-refractivity contribution is -0.139. The van der Waals surface area contributed by atoms with Crippen LogP contribution in [0.5, 0.6) is 0 Å². The Balaban J connectivity index is 2.59. The number of ether oxygens (including phenoxy) is 1. The average Bonchev–Trinajstić information content (AvgIpc) is 2.83. The van der Waals surface area contributed by atoms with Crippen molar-refractivity contribution in [1.29, 1.82) is 0 Å². The highest BCUT2D eigenvalue weighted by molar-refractivity contribution is 5.72. The molecule has 0 aliphatic carbocycles. The Bertz CT molecular complexity index is 728. The molecule has 0 saturated heterocycles. The molecule has 0 atom stereocenters. The Kier molecular flexibility index (Phi) is 1.87. The molecule has 17 heavy (non-hydrogen) atoms. The van der Waals surface area contributed by atoms with E-state index in [0.29, 0.717) is 11.5 Å². The second-order valence-electron chi connectivity index (χ2n) is 3.27. The maximum absolute atomic E-state index is 11.3. The molecule has 4 heteroatoms. The van der Waals surface area contributed by atoms with E-state index in [1.54, 1.807) is 6.92 Å². The fourth-order valence-electron chi connectivity index (χ4n) is 1.26.